The van der Waals surface area contributed by atoms with Gasteiger partial charge in [0.2, 0.25) is 0 Å². The molecule has 2 aromatic carbocycles. The van der Waals surface area contributed by atoms with E-state index in [1.165, 1.54) is 0 Å². The van der Waals surface area contributed by atoms with Gasteiger partial charge >= 0.3 is 0 Å². The summed E-state index contributed by atoms with van der Waals surface area (Å²) in [6.45, 7) is 1.87. The lowest BCUT2D eigenvalue weighted by Gasteiger charge is -2.27. The zero-order valence-electron chi connectivity index (χ0n) is 12.1. The second kappa shape index (κ2) is 5.70. The third kappa shape index (κ3) is 2.83. The molecule has 3 rings (SSSR count). The Morgan fingerprint density at radius 2 is 1.76 bits per heavy atom. The van der Waals surface area contributed by atoms with Gasteiger partial charge in [-0.3, -0.25) is 15.1 Å². The number of fused-ring (bicyclic) bond motifs is 1. The lowest BCUT2D eigenvalue weighted by molar-refractivity contribution is 0.00692. The largest absolute Gasteiger partial charge is 0.291 e. The maximum Gasteiger partial charge on any atom is 0.197 e. The van der Waals surface area contributed by atoms with Crippen LogP contribution in [-0.2, 0) is 11.3 Å². The highest BCUT2D eigenvalue weighted by Crippen LogP contribution is 2.30. The van der Waals surface area contributed by atoms with E-state index in [1.807, 2.05) is 61.5 Å². The number of rotatable bonds is 3. The molecular formula is C18H19NO2. The highest BCUT2D eigenvalue weighted by Gasteiger charge is 2.38. The molecule has 3 nitrogen and oxygen atoms in total. The summed E-state index contributed by atoms with van der Waals surface area (Å²) in [5.41, 5.74) is 4.85. The van der Waals surface area contributed by atoms with Gasteiger partial charge in [0.1, 0.15) is 0 Å². The summed E-state index contributed by atoms with van der Waals surface area (Å²) in [5.74, 6) is 0.0547. The molecule has 3 heteroatoms. The van der Waals surface area contributed by atoms with Gasteiger partial charge in [-0.1, -0.05) is 42.5 Å². The fourth-order valence-corrected chi connectivity index (χ4v) is 2.75. The number of ketones is 1. The number of carbonyl (C=O) groups excluding carboxylic acids is 1. The van der Waals surface area contributed by atoms with E-state index >= 15 is 0 Å². The molecule has 0 spiro atoms. The van der Waals surface area contributed by atoms with Gasteiger partial charge < -0.3 is 0 Å². The fraction of sp³-hybridized carbons (Fsp3) is 0.278. The average Bonchev–Trinajstić information content (AvgIpc) is 2.65. The van der Waals surface area contributed by atoms with E-state index in [9.17, 15) is 4.79 Å². The molecule has 21 heavy (non-hydrogen) atoms. The summed E-state index contributed by atoms with van der Waals surface area (Å²) < 4.78 is 0. The lowest BCUT2D eigenvalue weighted by atomic mass is 9.92. The van der Waals surface area contributed by atoms with Crippen LogP contribution in [0.5, 0.6) is 0 Å². The molecule has 0 bridgehead atoms. The Kier molecular flexibility index (Phi) is 3.76. The van der Waals surface area contributed by atoms with Gasteiger partial charge in [-0.2, -0.15) is 0 Å². The van der Waals surface area contributed by atoms with Crippen molar-refractivity contribution in [3.8, 4) is 0 Å². The Bertz CT molecular complexity index is 639. The Hall–Kier alpha value is -2.13. The van der Waals surface area contributed by atoms with Crippen LogP contribution in [0.15, 0.2) is 54.6 Å². The van der Waals surface area contributed by atoms with Crippen molar-refractivity contribution >= 4 is 11.5 Å². The van der Waals surface area contributed by atoms with Gasteiger partial charge in [0.05, 0.1) is 5.69 Å². The van der Waals surface area contributed by atoms with Crippen LogP contribution >= 0.6 is 0 Å². The highest BCUT2D eigenvalue weighted by atomic mass is 16.7. The van der Waals surface area contributed by atoms with E-state index in [1.54, 1.807) is 0 Å². The van der Waals surface area contributed by atoms with E-state index in [2.05, 4.69) is 5.48 Å². The van der Waals surface area contributed by atoms with Crippen molar-refractivity contribution in [2.45, 2.75) is 31.8 Å². The van der Waals surface area contributed by atoms with Crippen LogP contribution in [0, 0.1) is 0 Å². The molecule has 0 heterocycles. The molecule has 0 saturated heterocycles. The normalized spacial score (nSPS) is 21.5. The molecule has 1 atom stereocenters. The first-order chi connectivity index (χ1) is 10.2. The number of hydrogen-bond acceptors (Lipinski definition) is 3. The van der Waals surface area contributed by atoms with Crippen LogP contribution in [0.1, 0.15) is 35.7 Å². The minimum atomic E-state index is -0.831. The number of aryl methyl sites for hydroxylation is 1. The molecular weight excluding hydrogens is 262 g/mol. The van der Waals surface area contributed by atoms with Crippen LogP contribution in [-0.4, -0.2) is 11.4 Å². The molecule has 1 N–H and O–H groups in total. The Morgan fingerprint density at radius 3 is 2.57 bits per heavy atom. The smallest absolute Gasteiger partial charge is 0.197 e. The van der Waals surface area contributed by atoms with E-state index in [-0.39, 0.29) is 5.78 Å². The van der Waals surface area contributed by atoms with Crippen molar-refractivity contribution in [1.82, 2.24) is 0 Å². The third-order valence-corrected chi connectivity index (χ3v) is 4.01. The summed E-state index contributed by atoms with van der Waals surface area (Å²) >= 11 is 0. The molecule has 0 amide bonds. The Labute approximate surface area is 124 Å². The minimum Gasteiger partial charge on any atom is -0.291 e. The molecule has 1 unspecified atom stereocenters. The predicted molar refractivity (Wildman–Crippen MR) is 83.3 cm³/mol. The van der Waals surface area contributed by atoms with Crippen molar-refractivity contribution in [1.29, 1.82) is 0 Å². The van der Waals surface area contributed by atoms with Gasteiger partial charge in [-0.05, 0) is 43.9 Å². The number of Topliss-reactive ketones (excluding diaryl/α,β-unsaturated/α-hetero) is 1. The molecule has 2 aromatic rings. The van der Waals surface area contributed by atoms with Crippen LogP contribution in [0.4, 0.5) is 5.69 Å². The number of para-hydroxylation sites is 1. The number of nitrogens with one attached hydrogen (secondary N) is 1. The van der Waals surface area contributed by atoms with E-state index < -0.39 is 5.60 Å². The van der Waals surface area contributed by atoms with Crippen LogP contribution < -0.4 is 5.48 Å². The zero-order valence-corrected chi connectivity index (χ0v) is 12.1. The first-order valence-corrected chi connectivity index (χ1v) is 7.31. The van der Waals surface area contributed by atoms with E-state index in [4.69, 9.17) is 4.84 Å². The monoisotopic (exact) mass is 281 g/mol. The first-order valence-electron chi connectivity index (χ1n) is 7.31. The van der Waals surface area contributed by atoms with Gasteiger partial charge in [0.25, 0.3) is 0 Å². The predicted octanol–water partition coefficient (Wildman–Crippen LogP) is 4.01. The van der Waals surface area contributed by atoms with Crippen LogP contribution in [0.3, 0.4) is 0 Å². The minimum absolute atomic E-state index is 0.0547. The van der Waals surface area contributed by atoms with E-state index in [0.29, 0.717) is 6.42 Å². The van der Waals surface area contributed by atoms with Crippen molar-refractivity contribution in [3.05, 3.63) is 65.7 Å². The topological polar surface area (TPSA) is 38.3 Å². The Morgan fingerprint density at radius 1 is 1.05 bits per heavy atom. The fourth-order valence-electron chi connectivity index (χ4n) is 2.75. The molecule has 1 aliphatic carbocycles. The van der Waals surface area contributed by atoms with Crippen LogP contribution in [0.2, 0.25) is 0 Å². The van der Waals surface area contributed by atoms with Gasteiger partial charge in [-0.25, -0.2) is 0 Å². The molecule has 0 saturated carbocycles. The molecule has 108 valence electrons. The summed E-state index contributed by atoms with van der Waals surface area (Å²) in [5, 5.41) is 0. The number of anilines is 1. The Balaban J connectivity index is 1.82. The molecule has 0 radical (unpaired) electrons. The molecule has 0 fully saturated rings. The summed E-state index contributed by atoms with van der Waals surface area (Å²) in [7, 11) is 0. The van der Waals surface area contributed by atoms with E-state index in [0.717, 1.165) is 29.7 Å². The summed E-state index contributed by atoms with van der Waals surface area (Å²) in [6, 6.07) is 17.5. The van der Waals surface area contributed by atoms with Crippen molar-refractivity contribution < 1.29 is 9.63 Å². The average molecular weight is 281 g/mol. The number of hydrogen-bond donors (Lipinski definition) is 1. The number of carbonyl (C=O) groups is 1. The van der Waals surface area contributed by atoms with Gasteiger partial charge in [0.15, 0.2) is 11.4 Å². The molecule has 0 aliphatic heterocycles. The highest BCUT2D eigenvalue weighted by molar-refractivity contribution is 6.03. The van der Waals surface area contributed by atoms with Crippen molar-refractivity contribution in [3.63, 3.8) is 0 Å². The number of benzene rings is 2. The lowest BCUT2D eigenvalue weighted by Crippen LogP contribution is -2.39. The maximum atomic E-state index is 12.8. The molecule has 1 aliphatic rings. The van der Waals surface area contributed by atoms with Crippen molar-refractivity contribution in [2.24, 2.45) is 0 Å². The summed E-state index contributed by atoms with van der Waals surface area (Å²) in [6.07, 6.45) is 2.57. The summed E-state index contributed by atoms with van der Waals surface area (Å²) in [4.78, 5) is 18.6. The zero-order chi connectivity index (χ0) is 14.7. The third-order valence-electron chi connectivity index (χ3n) is 4.01. The second-order valence-corrected chi connectivity index (χ2v) is 5.64. The first kappa shape index (κ1) is 13.8. The van der Waals surface area contributed by atoms with Crippen LogP contribution in [0.25, 0.3) is 0 Å². The van der Waals surface area contributed by atoms with Crippen molar-refractivity contribution in [2.75, 3.05) is 5.48 Å². The van der Waals surface area contributed by atoms with Gasteiger partial charge in [0, 0.05) is 5.56 Å². The maximum absolute atomic E-state index is 12.8. The standard InChI is InChI=1S/C18H19NO2/c1-18(21-19-15-10-3-2-4-11-15)13-7-9-14-8-5-6-12-16(14)17(18)20/h2-6,8,10-12,19H,7,9,13H2,1H3. The quantitative estimate of drug-likeness (QED) is 0.682. The SMILES string of the molecule is CC1(ONc2ccccc2)CCCc2ccccc2C1=O. The second-order valence-electron chi connectivity index (χ2n) is 5.64. The molecule has 0 aromatic heterocycles. The van der Waals surface area contributed by atoms with Gasteiger partial charge in [-0.15, -0.1) is 0 Å².